The van der Waals surface area contributed by atoms with Gasteiger partial charge in [-0.15, -0.1) is 0 Å². The number of methoxy groups -OCH3 is 1. The van der Waals surface area contributed by atoms with Crippen LogP contribution in [0.25, 0.3) is 21.9 Å². The standard InChI is InChI=1S/C37H44BN3O6/c1-20(2)33(40-35(43)44-8)34(42)41-18-21(3)13-31(41)30-16-27-26-17-32-28(15-22(26)9-12-29(27)39-30)25-11-10-24(14-23(25)19-45-32)38-46-36(4,5)37(6,7)47-38/h9-12,14-15,17,20-21,31,33H,13,16,18-19H2,1-8H3,(H,40,43)/t21-,31-,33-/m0/s1. The first-order chi connectivity index (χ1) is 22.3. The van der Waals surface area contributed by atoms with E-state index in [0.717, 1.165) is 62.1 Å². The quantitative estimate of drug-likeness (QED) is 0.348. The van der Waals surface area contributed by atoms with Crippen LogP contribution in [0.5, 0.6) is 5.75 Å². The number of fused-ring (bicyclic) bond motifs is 6. The van der Waals surface area contributed by atoms with Gasteiger partial charge < -0.3 is 29.0 Å². The molecule has 47 heavy (non-hydrogen) atoms. The highest BCUT2D eigenvalue weighted by Gasteiger charge is 2.52. The van der Waals surface area contributed by atoms with Crippen LogP contribution in [-0.4, -0.2) is 66.7 Å². The summed E-state index contributed by atoms with van der Waals surface area (Å²) in [5.41, 5.74) is 6.61. The van der Waals surface area contributed by atoms with Crippen LogP contribution in [0.2, 0.25) is 0 Å². The minimum Gasteiger partial charge on any atom is -0.488 e. The fourth-order valence-electron chi connectivity index (χ4n) is 7.35. The van der Waals surface area contributed by atoms with Gasteiger partial charge >= 0.3 is 13.2 Å². The Labute approximate surface area is 277 Å². The third kappa shape index (κ3) is 5.39. The number of aliphatic imine (C=N–C) groups is 1. The SMILES string of the molecule is COC(=O)N[C@H](C(=O)N1C[C@@H](C)C[C@H]1C1=Nc2ccc3cc4c(cc3c2C1)OCc1cc(B2OC(C)(C)C(C)(C)O2)ccc1-4)C(C)C. The molecule has 0 spiro atoms. The number of rotatable bonds is 5. The zero-order valence-corrected chi connectivity index (χ0v) is 28.6. The molecule has 2 saturated heterocycles. The molecule has 3 aromatic carbocycles. The topological polar surface area (TPSA) is 98.7 Å². The van der Waals surface area contributed by atoms with Crippen molar-refractivity contribution in [2.75, 3.05) is 13.7 Å². The van der Waals surface area contributed by atoms with Crippen LogP contribution in [0.4, 0.5) is 10.5 Å². The highest BCUT2D eigenvalue weighted by Crippen LogP contribution is 2.44. The lowest BCUT2D eigenvalue weighted by Gasteiger charge is -2.32. The zero-order chi connectivity index (χ0) is 33.4. The largest absolute Gasteiger partial charge is 0.494 e. The Kier molecular flexibility index (Phi) is 7.67. The third-order valence-corrected chi connectivity index (χ3v) is 10.7. The van der Waals surface area contributed by atoms with Gasteiger partial charge in [-0.2, -0.15) is 0 Å². The van der Waals surface area contributed by atoms with E-state index in [1.807, 2.05) is 18.7 Å². The van der Waals surface area contributed by atoms with E-state index >= 15 is 0 Å². The number of hydrogen-bond acceptors (Lipinski definition) is 7. The molecule has 2 fully saturated rings. The number of ether oxygens (including phenoxy) is 2. The fraction of sp³-hybridized carbons (Fsp3) is 0.486. The van der Waals surface area contributed by atoms with Crippen LogP contribution in [0, 0.1) is 11.8 Å². The molecule has 0 bridgehead atoms. The van der Waals surface area contributed by atoms with E-state index in [4.69, 9.17) is 23.8 Å². The van der Waals surface area contributed by atoms with Crippen LogP contribution in [-0.2, 0) is 31.9 Å². The summed E-state index contributed by atoms with van der Waals surface area (Å²) in [5.74, 6) is 1.00. The maximum atomic E-state index is 13.8. The molecule has 3 aromatic rings. The number of carbonyl (C=O) groups excluding carboxylic acids is 2. The lowest BCUT2D eigenvalue weighted by atomic mass is 9.77. The van der Waals surface area contributed by atoms with Gasteiger partial charge in [-0.25, -0.2) is 4.79 Å². The van der Waals surface area contributed by atoms with Crippen molar-refractivity contribution in [3.05, 3.63) is 53.6 Å². The fourth-order valence-corrected chi connectivity index (χ4v) is 7.35. The molecule has 1 N–H and O–H groups in total. The minimum atomic E-state index is -0.667. The van der Waals surface area contributed by atoms with Gasteiger partial charge in [0.2, 0.25) is 5.91 Å². The Hall–Kier alpha value is -3.89. The molecule has 0 unspecified atom stereocenters. The Morgan fingerprint density at radius 1 is 1.04 bits per heavy atom. The summed E-state index contributed by atoms with van der Waals surface area (Å²) >= 11 is 0. The van der Waals surface area contributed by atoms with Gasteiger partial charge in [0.25, 0.3) is 0 Å². The summed E-state index contributed by atoms with van der Waals surface area (Å²) in [7, 11) is 0.890. The maximum absolute atomic E-state index is 13.8. The first-order valence-corrected chi connectivity index (χ1v) is 16.7. The minimum absolute atomic E-state index is 0.0867. The van der Waals surface area contributed by atoms with Gasteiger partial charge in [-0.05, 0) is 97.1 Å². The molecule has 10 heteroatoms. The molecule has 0 aromatic heterocycles. The second-order valence-electron chi connectivity index (χ2n) is 14.9. The van der Waals surface area contributed by atoms with E-state index in [-0.39, 0.29) is 17.9 Å². The summed E-state index contributed by atoms with van der Waals surface area (Å²) in [6, 6.07) is 14.2. The van der Waals surface area contributed by atoms with E-state index in [0.29, 0.717) is 25.5 Å². The molecule has 3 atom stereocenters. The molecule has 4 aliphatic rings. The van der Waals surface area contributed by atoms with Gasteiger partial charge in [0, 0.05) is 24.2 Å². The van der Waals surface area contributed by atoms with Gasteiger partial charge in [-0.1, -0.05) is 45.0 Å². The highest BCUT2D eigenvalue weighted by molar-refractivity contribution is 6.62. The number of amides is 2. The molecule has 9 nitrogen and oxygen atoms in total. The predicted octanol–water partition coefficient (Wildman–Crippen LogP) is 5.94. The number of carbonyl (C=O) groups is 2. The van der Waals surface area contributed by atoms with Crippen molar-refractivity contribution >= 4 is 46.8 Å². The van der Waals surface area contributed by atoms with Gasteiger partial charge in [0.05, 0.1) is 30.0 Å². The molecule has 7 rings (SSSR count). The van der Waals surface area contributed by atoms with Crippen LogP contribution >= 0.6 is 0 Å². The number of alkyl carbamates (subject to hydrolysis) is 1. The molecule has 4 aliphatic heterocycles. The second kappa shape index (κ2) is 11.4. The van der Waals surface area contributed by atoms with Crippen LogP contribution < -0.4 is 15.5 Å². The smallest absolute Gasteiger partial charge is 0.488 e. The van der Waals surface area contributed by atoms with Crippen molar-refractivity contribution in [3.8, 4) is 16.9 Å². The normalized spacial score (nSPS) is 22.8. The number of nitrogens with zero attached hydrogens (tertiary/aromatic N) is 2. The van der Waals surface area contributed by atoms with Gasteiger partial charge in [0.1, 0.15) is 18.4 Å². The number of hydrogen-bond donors (Lipinski definition) is 1. The molecule has 0 saturated carbocycles. The summed E-state index contributed by atoms with van der Waals surface area (Å²) in [6.45, 7) is 15.4. The molecule has 0 radical (unpaired) electrons. The Balaban J connectivity index is 1.15. The summed E-state index contributed by atoms with van der Waals surface area (Å²) in [6.07, 6.45) is 0.900. The van der Waals surface area contributed by atoms with E-state index in [1.165, 1.54) is 7.11 Å². The van der Waals surface area contributed by atoms with Crippen molar-refractivity contribution in [3.63, 3.8) is 0 Å². The maximum Gasteiger partial charge on any atom is 0.494 e. The Morgan fingerprint density at radius 2 is 1.79 bits per heavy atom. The van der Waals surface area contributed by atoms with Crippen molar-refractivity contribution in [2.45, 2.75) is 91.2 Å². The monoisotopic (exact) mass is 637 g/mol. The van der Waals surface area contributed by atoms with Crippen LogP contribution in [0.1, 0.15) is 66.0 Å². The summed E-state index contributed by atoms with van der Waals surface area (Å²) in [4.78, 5) is 32.9. The lowest BCUT2D eigenvalue weighted by Crippen LogP contribution is -2.53. The van der Waals surface area contributed by atoms with E-state index < -0.39 is 30.5 Å². The molecular formula is C37H44BN3O6. The highest BCUT2D eigenvalue weighted by atomic mass is 16.7. The summed E-state index contributed by atoms with van der Waals surface area (Å²) < 4.78 is 23.8. The number of nitrogens with one attached hydrogen (secondary N) is 1. The Morgan fingerprint density at radius 3 is 2.49 bits per heavy atom. The van der Waals surface area contributed by atoms with Crippen molar-refractivity contribution in [2.24, 2.45) is 16.8 Å². The van der Waals surface area contributed by atoms with Crippen LogP contribution in [0.3, 0.4) is 0 Å². The molecule has 246 valence electrons. The Bertz CT molecular complexity index is 1800. The molecular weight excluding hydrogens is 593 g/mol. The van der Waals surface area contributed by atoms with Crippen molar-refractivity contribution in [1.29, 1.82) is 0 Å². The molecule has 4 heterocycles. The molecule has 2 amide bonds. The first-order valence-electron chi connectivity index (χ1n) is 16.7. The van der Waals surface area contributed by atoms with E-state index in [2.05, 4.69) is 82.4 Å². The van der Waals surface area contributed by atoms with Gasteiger partial charge in [-0.3, -0.25) is 9.79 Å². The average molecular weight is 638 g/mol. The lowest BCUT2D eigenvalue weighted by molar-refractivity contribution is -0.134. The van der Waals surface area contributed by atoms with E-state index in [9.17, 15) is 9.59 Å². The number of likely N-dealkylation sites (tertiary alicyclic amines) is 1. The van der Waals surface area contributed by atoms with Crippen molar-refractivity contribution in [1.82, 2.24) is 10.2 Å². The average Bonchev–Trinajstić information content (AvgIpc) is 3.70. The van der Waals surface area contributed by atoms with Crippen molar-refractivity contribution < 1.29 is 28.4 Å². The summed E-state index contributed by atoms with van der Waals surface area (Å²) in [5, 5.41) is 5.00. The zero-order valence-electron chi connectivity index (χ0n) is 28.6. The number of benzene rings is 3. The second-order valence-corrected chi connectivity index (χ2v) is 14.9. The van der Waals surface area contributed by atoms with Gasteiger partial charge in [0.15, 0.2) is 0 Å². The van der Waals surface area contributed by atoms with E-state index in [1.54, 1.807) is 0 Å². The predicted molar refractivity (Wildman–Crippen MR) is 184 cm³/mol. The first kappa shape index (κ1) is 31.7. The molecule has 0 aliphatic carbocycles. The van der Waals surface area contributed by atoms with Crippen LogP contribution in [0.15, 0.2) is 47.5 Å². The third-order valence-electron chi connectivity index (χ3n) is 10.7.